The third kappa shape index (κ3) is 3.31. The van der Waals surface area contributed by atoms with Crippen LogP contribution in [0, 0.1) is 0 Å². The minimum Gasteiger partial charge on any atom is -0.497 e. The molecule has 25 heavy (non-hydrogen) atoms. The van der Waals surface area contributed by atoms with Crippen LogP contribution >= 0.6 is 11.3 Å². The predicted octanol–water partition coefficient (Wildman–Crippen LogP) is 2.93. The van der Waals surface area contributed by atoms with Gasteiger partial charge in [-0.25, -0.2) is 9.97 Å². The van der Waals surface area contributed by atoms with Gasteiger partial charge in [-0.2, -0.15) is 0 Å². The number of hydrogen-bond acceptors (Lipinski definition) is 8. The van der Waals surface area contributed by atoms with Crippen LogP contribution in [0.3, 0.4) is 0 Å². The molecule has 0 fully saturated rings. The maximum Gasteiger partial charge on any atom is 0.216 e. The first-order valence-electron chi connectivity index (χ1n) is 7.40. The molecule has 0 saturated carbocycles. The Hall–Kier alpha value is -3.33. The molecule has 1 aromatic carbocycles. The summed E-state index contributed by atoms with van der Waals surface area (Å²) in [6, 6.07) is 13.2. The van der Waals surface area contributed by atoms with Gasteiger partial charge in [0, 0.05) is 12.3 Å². The highest BCUT2D eigenvalue weighted by molar-refractivity contribution is 7.18. The largest absolute Gasteiger partial charge is 0.497 e. The molecule has 1 N–H and O–H groups in total. The summed E-state index contributed by atoms with van der Waals surface area (Å²) in [5, 5.41) is 16.4. The first-order valence-corrected chi connectivity index (χ1v) is 8.22. The van der Waals surface area contributed by atoms with Crippen molar-refractivity contribution < 1.29 is 4.74 Å². The average molecular weight is 351 g/mol. The summed E-state index contributed by atoms with van der Waals surface area (Å²) in [6.07, 6.45) is 3.38. The van der Waals surface area contributed by atoms with Crippen molar-refractivity contribution in [3.05, 3.63) is 54.9 Å². The number of tetrazole rings is 1. The van der Waals surface area contributed by atoms with E-state index < -0.39 is 0 Å². The zero-order valence-corrected chi connectivity index (χ0v) is 14.0. The summed E-state index contributed by atoms with van der Waals surface area (Å²) in [6.45, 7) is 0. The van der Waals surface area contributed by atoms with Crippen molar-refractivity contribution in [2.24, 2.45) is 0 Å². The lowest BCUT2D eigenvalue weighted by Crippen LogP contribution is -1.97. The van der Waals surface area contributed by atoms with Crippen LogP contribution in [0.25, 0.3) is 16.4 Å². The molecule has 4 aromatic rings. The number of rotatable bonds is 5. The van der Waals surface area contributed by atoms with Crippen LogP contribution in [-0.2, 0) is 0 Å². The topological polar surface area (TPSA) is 90.6 Å². The summed E-state index contributed by atoms with van der Waals surface area (Å²) in [5.74, 6) is 1.90. The summed E-state index contributed by atoms with van der Waals surface area (Å²) < 4.78 is 5.18. The molecule has 0 bridgehead atoms. The average Bonchev–Trinajstić information content (AvgIpc) is 3.32. The molecule has 0 aliphatic rings. The third-order valence-electron chi connectivity index (χ3n) is 3.33. The van der Waals surface area contributed by atoms with Gasteiger partial charge in [-0.3, -0.25) is 0 Å². The van der Waals surface area contributed by atoms with Crippen LogP contribution in [0.4, 0.5) is 10.9 Å². The van der Waals surface area contributed by atoms with Gasteiger partial charge in [-0.05, 0) is 23.4 Å². The van der Waals surface area contributed by atoms with E-state index in [1.807, 2.05) is 30.3 Å². The van der Waals surface area contributed by atoms with E-state index in [1.54, 1.807) is 31.6 Å². The lowest BCUT2D eigenvalue weighted by molar-refractivity contribution is 0.414. The van der Waals surface area contributed by atoms with Crippen molar-refractivity contribution in [1.82, 2.24) is 30.2 Å². The number of nitrogens with zero attached hydrogens (tertiary/aromatic N) is 6. The van der Waals surface area contributed by atoms with Crippen molar-refractivity contribution in [1.29, 1.82) is 0 Å². The van der Waals surface area contributed by atoms with Crippen molar-refractivity contribution >= 4 is 22.3 Å². The standard InChI is InChI=1S/C16H13N7OS/c1-24-12-7-8-17-14(9-12)19-16-18-10-13(25-16)15-20-22-23(21-15)11-5-3-2-4-6-11/h2-10H,1H3,(H,17,18,19). The molecule has 3 heterocycles. The van der Waals surface area contributed by atoms with Gasteiger partial charge in [-0.1, -0.05) is 29.5 Å². The van der Waals surface area contributed by atoms with Crippen molar-refractivity contribution in [2.45, 2.75) is 0 Å². The van der Waals surface area contributed by atoms with E-state index in [-0.39, 0.29) is 0 Å². The first kappa shape index (κ1) is 15.2. The van der Waals surface area contributed by atoms with Crippen molar-refractivity contribution in [3.63, 3.8) is 0 Å². The van der Waals surface area contributed by atoms with E-state index in [0.717, 1.165) is 16.3 Å². The van der Waals surface area contributed by atoms with E-state index in [0.29, 0.717) is 16.8 Å². The SMILES string of the molecule is COc1ccnc(Nc2ncc(-c3nnn(-c4ccccc4)n3)s2)c1. The summed E-state index contributed by atoms with van der Waals surface area (Å²) >= 11 is 1.42. The van der Waals surface area contributed by atoms with Crippen LogP contribution in [0.5, 0.6) is 5.75 Å². The number of ether oxygens (including phenoxy) is 1. The number of methoxy groups -OCH3 is 1. The number of anilines is 2. The van der Waals surface area contributed by atoms with Crippen molar-refractivity contribution in [3.8, 4) is 22.1 Å². The molecule has 3 aromatic heterocycles. The lowest BCUT2D eigenvalue weighted by Gasteiger charge is -2.03. The molecule has 0 radical (unpaired) electrons. The van der Waals surface area contributed by atoms with Gasteiger partial charge in [0.15, 0.2) is 5.13 Å². The van der Waals surface area contributed by atoms with E-state index in [4.69, 9.17) is 4.74 Å². The van der Waals surface area contributed by atoms with Gasteiger partial charge in [-0.15, -0.1) is 15.0 Å². The third-order valence-corrected chi connectivity index (χ3v) is 4.24. The monoisotopic (exact) mass is 351 g/mol. The summed E-state index contributed by atoms with van der Waals surface area (Å²) in [4.78, 5) is 10.9. The molecular formula is C16H13N7OS. The van der Waals surface area contributed by atoms with Gasteiger partial charge in [0.25, 0.3) is 0 Å². The second kappa shape index (κ2) is 6.65. The smallest absolute Gasteiger partial charge is 0.216 e. The molecule has 4 rings (SSSR count). The Labute approximate surface area is 147 Å². The van der Waals surface area contributed by atoms with Gasteiger partial charge < -0.3 is 10.1 Å². The Morgan fingerprint density at radius 1 is 1.12 bits per heavy atom. The van der Waals surface area contributed by atoms with Gasteiger partial charge in [0.05, 0.1) is 23.9 Å². The maximum absolute atomic E-state index is 5.18. The van der Waals surface area contributed by atoms with Crippen LogP contribution in [0.1, 0.15) is 0 Å². The van der Waals surface area contributed by atoms with Crippen molar-refractivity contribution in [2.75, 3.05) is 12.4 Å². The van der Waals surface area contributed by atoms with Gasteiger partial charge in [0.2, 0.25) is 5.82 Å². The van der Waals surface area contributed by atoms with Crippen LogP contribution in [-0.4, -0.2) is 37.3 Å². The first-order chi connectivity index (χ1) is 12.3. The lowest BCUT2D eigenvalue weighted by atomic mass is 10.3. The molecule has 0 atom stereocenters. The number of para-hydroxylation sites is 1. The zero-order chi connectivity index (χ0) is 17.1. The number of thiazole rings is 1. The number of pyridine rings is 1. The molecule has 124 valence electrons. The molecule has 9 heteroatoms. The fraction of sp³-hybridized carbons (Fsp3) is 0.0625. The highest BCUT2D eigenvalue weighted by Crippen LogP contribution is 2.28. The van der Waals surface area contributed by atoms with E-state index >= 15 is 0 Å². The molecule has 0 amide bonds. The quantitative estimate of drug-likeness (QED) is 0.591. The van der Waals surface area contributed by atoms with Gasteiger partial charge in [0.1, 0.15) is 11.6 Å². The minimum atomic E-state index is 0.521. The molecule has 0 saturated heterocycles. The van der Waals surface area contributed by atoms with E-state index in [1.165, 1.54) is 16.1 Å². The second-order valence-corrected chi connectivity index (χ2v) is 6.00. The molecular weight excluding hydrogens is 338 g/mol. The van der Waals surface area contributed by atoms with Gasteiger partial charge >= 0.3 is 0 Å². The second-order valence-electron chi connectivity index (χ2n) is 4.97. The highest BCUT2D eigenvalue weighted by Gasteiger charge is 2.11. The number of hydrogen-bond donors (Lipinski definition) is 1. The molecule has 0 aliphatic carbocycles. The Balaban J connectivity index is 1.54. The maximum atomic E-state index is 5.18. The molecule has 0 spiro atoms. The van der Waals surface area contributed by atoms with Crippen LogP contribution < -0.4 is 10.1 Å². The number of benzene rings is 1. The Morgan fingerprint density at radius 2 is 2.00 bits per heavy atom. The highest BCUT2D eigenvalue weighted by atomic mass is 32.1. The zero-order valence-electron chi connectivity index (χ0n) is 13.2. The molecule has 8 nitrogen and oxygen atoms in total. The van der Waals surface area contributed by atoms with E-state index in [9.17, 15) is 0 Å². The fourth-order valence-corrected chi connectivity index (χ4v) is 2.88. The predicted molar refractivity (Wildman–Crippen MR) is 94.3 cm³/mol. The Kier molecular flexibility index (Phi) is 4.05. The Morgan fingerprint density at radius 3 is 2.84 bits per heavy atom. The minimum absolute atomic E-state index is 0.521. The fourth-order valence-electron chi connectivity index (χ4n) is 2.14. The number of aromatic nitrogens is 6. The normalized spacial score (nSPS) is 10.6. The summed E-state index contributed by atoms with van der Waals surface area (Å²) in [7, 11) is 1.61. The van der Waals surface area contributed by atoms with Crippen LogP contribution in [0.2, 0.25) is 0 Å². The van der Waals surface area contributed by atoms with E-state index in [2.05, 4.69) is 30.7 Å². The molecule has 0 aliphatic heterocycles. The Bertz CT molecular complexity index is 983. The molecule has 0 unspecified atom stereocenters. The van der Waals surface area contributed by atoms with Crippen LogP contribution in [0.15, 0.2) is 54.9 Å². The summed E-state index contributed by atoms with van der Waals surface area (Å²) in [5.41, 5.74) is 0.852. The number of nitrogens with one attached hydrogen (secondary N) is 1.